The summed E-state index contributed by atoms with van der Waals surface area (Å²) in [6.45, 7) is 5.84. The van der Waals surface area contributed by atoms with E-state index in [1.54, 1.807) is 39.2 Å². The molecule has 3 N–H and O–H groups in total. The van der Waals surface area contributed by atoms with Crippen LogP contribution in [0.1, 0.15) is 25.0 Å². The van der Waals surface area contributed by atoms with Crippen LogP contribution in [0.5, 0.6) is 0 Å². The molecule has 116 valence electrons. The number of benzene rings is 1. The van der Waals surface area contributed by atoms with Gasteiger partial charge in [-0.05, 0) is 38.5 Å². The van der Waals surface area contributed by atoms with Crippen LogP contribution in [0.25, 0.3) is 0 Å². The first kappa shape index (κ1) is 17.7. The number of methoxy groups -OCH3 is 1. The van der Waals surface area contributed by atoms with E-state index < -0.39 is 15.6 Å². The predicted molar refractivity (Wildman–Crippen MR) is 83.4 cm³/mol. The predicted octanol–water partition coefficient (Wildman–Crippen LogP) is 1.01. The van der Waals surface area contributed by atoms with Gasteiger partial charge in [-0.2, -0.15) is 0 Å². The van der Waals surface area contributed by atoms with Crippen molar-refractivity contribution in [3.8, 4) is 11.8 Å². The molecule has 0 aromatic heterocycles. The van der Waals surface area contributed by atoms with E-state index in [2.05, 4.69) is 16.6 Å². The number of sulfonamides is 1. The molecule has 0 amide bonds. The minimum Gasteiger partial charge on any atom is -0.377 e. The lowest BCUT2D eigenvalue weighted by Crippen LogP contribution is -2.39. The van der Waals surface area contributed by atoms with Crippen LogP contribution in [0.3, 0.4) is 0 Å². The van der Waals surface area contributed by atoms with Gasteiger partial charge in [0, 0.05) is 19.2 Å². The fourth-order valence-electron chi connectivity index (χ4n) is 1.54. The normalized spacial score (nSPS) is 11.9. The van der Waals surface area contributed by atoms with Gasteiger partial charge in [-0.15, -0.1) is 0 Å². The van der Waals surface area contributed by atoms with E-state index in [1.807, 2.05) is 6.92 Å². The van der Waals surface area contributed by atoms with E-state index in [4.69, 9.17) is 10.5 Å². The Morgan fingerprint density at radius 3 is 2.62 bits per heavy atom. The highest BCUT2D eigenvalue weighted by atomic mass is 32.2. The Kier molecular flexibility index (Phi) is 5.93. The molecule has 0 unspecified atom stereocenters. The molecule has 1 rings (SSSR count). The van der Waals surface area contributed by atoms with E-state index in [0.717, 1.165) is 5.56 Å². The molecule has 0 aliphatic heterocycles. The quantitative estimate of drug-likeness (QED) is 0.795. The highest BCUT2D eigenvalue weighted by Crippen LogP contribution is 2.17. The minimum atomic E-state index is -3.65. The zero-order valence-electron chi connectivity index (χ0n) is 12.9. The standard InChI is InChI=1S/C15H22N2O3S/c1-12-7-8-14(13(10-12)6-5-9-16)21(18,19)17-11-15(2,3)20-4/h7-8,10,17H,9,11,16H2,1-4H3. The van der Waals surface area contributed by atoms with Crippen LogP contribution in [-0.4, -0.2) is 34.2 Å². The average Bonchev–Trinajstić information content (AvgIpc) is 2.43. The van der Waals surface area contributed by atoms with Crippen molar-refractivity contribution in [1.82, 2.24) is 4.72 Å². The summed E-state index contributed by atoms with van der Waals surface area (Å²) < 4.78 is 32.6. The Hall–Kier alpha value is -1.39. The smallest absolute Gasteiger partial charge is 0.241 e. The molecule has 0 atom stereocenters. The first-order chi connectivity index (χ1) is 9.72. The van der Waals surface area contributed by atoms with Gasteiger partial charge in [0.1, 0.15) is 0 Å². The number of nitrogens with two attached hydrogens (primary N) is 1. The fourth-order valence-corrected chi connectivity index (χ4v) is 2.88. The van der Waals surface area contributed by atoms with Crippen LogP contribution in [0.2, 0.25) is 0 Å². The molecule has 0 saturated heterocycles. The molecule has 5 nitrogen and oxygen atoms in total. The van der Waals surface area contributed by atoms with Gasteiger partial charge in [0.15, 0.2) is 0 Å². The summed E-state index contributed by atoms with van der Waals surface area (Å²) in [5.74, 6) is 5.49. The molecule has 0 heterocycles. The van der Waals surface area contributed by atoms with Crippen LogP contribution in [0.15, 0.2) is 23.1 Å². The van der Waals surface area contributed by atoms with Gasteiger partial charge in [-0.1, -0.05) is 17.9 Å². The van der Waals surface area contributed by atoms with Gasteiger partial charge >= 0.3 is 0 Å². The summed E-state index contributed by atoms with van der Waals surface area (Å²) >= 11 is 0. The van der Waals surface area contributed by atoms with Gasteiger partial charge in [0.2, 0.25) is 10.0 Å². The second-order valence-corrected chi connectivity index (χ2v) is 7.03. The van der Waals surface area contributed by atoms with Crippen molar-refractivity contribution in [3.05, 3.63) is 29.3 Å². The maximum atomic E-state index is 12.4. The maximum Gasteiger partial charge on any atom is 0.241 e. The molecule has 0 saturated carbocycles. The molecule has 0 aliphatic rings. The molecule has 1 aromatic carbocycles. The van der Waals surface area contributed by atoms with E-state index in [9.17, 15) is 8.42 Å². The van der Waals surface area contributed by atoms with Crippen LogP contribution in [0, 0.1) is 18.8 Å². The van der Waals surface area contributed by atoms with Gasteiger partial charge in [0.25, 0.3) is 0 Å². The summed E-state index contributed by atoms with van der Waals surface area (Å²) in [5, 5.41) is 0. The Bertz CT molecular complexity index is 655. The zero-order valence-corrected chi connectivity index (χ0v) is 13.7. The molecule has 6 heteroatoms. The number of aryl methyl sites for hydroxylation is 1. The first-order valence-electron chi connectivity index (χ1n) is 6.56. The molecule has 0 fully saturated rings. The van der Waals surface area contributed by atoms with Crippen molar-refractivity contribution in [2.75, 3.05) is 20.2 Å². The van der Waals surface area contributed by atoms with Crippen molar-refractivity contribution < 1.29 is 13.2 Å². The second-order valence-electron chi connectivity index (χ2n) is 5.29. The number of hydrogen-bond donors (Lipinski definition) is 2. The molecular weight excluding hydrogens is 288 g/mol. The van der Waals surface area contributed by atoms with Gasteiger partial charge < -0.3 is 10.5 Å². The van der Waals surface area contributed by atoms with Crippen LogP contribution < -0.4 is 10.5 Å². The lowest BCUT2D eigenvalue weighted by Gasteiger charge is -2.23. The molecule has 21 heavy (non-hydrogen) atoms. The Morgan fingerprint density at radius 1 is 1.38 bits per heavy atom. The van der Waals surface area contributed by atoms with Gasteiger partial charge in [0.05, 0.1) is 17.0 Å². The topological polar surface area (TPSA) is 81.4 Å². The third kappa shape index (κ3) is 5.14. The first-order valence-corrected chi connectivity index (χ1v) is 8.04. The third-order valence-electron chi connectivity index (χ3n) is 2.99. The van der Waals surface area contributed by atoms with E-state index in [1.165, 1.54) is 0 Å². The van der Waals surface area contributed by atoms with Crippen molar-refractivity contribution in [2.45, 2.75) is 31.3 Å². The monoisotopic (exact) mass is 310 g/mol. The van der Waals surface area contributed by atoms with Gasteiger partial charge in [-0.25, -0.2) is 13.1 Å². The Morgan fingerprint density at radius 2 is 2.05 bits per heavy atom. The van der Waals surface area contributed by atoms with E-state index in [-0.39, 0.29) is 18.0 Å². The molecule has 0 aliphatic carbocycles. The van der Waals surface area contributed by atoms with Crippen molar-refractivity contribution >= 4 is 10.0 Å². The summed E-state index contributed by atoms with van der Waals surface area (Å²) in [5.41, 5.74) is 6.15. The molecule has 0 spiro atoms. The fraction of sp³-hybridized carbons (Fsp3) is 0.467. The Labute approximate surface area is 126 Å². The highest BCUT2D eigenvalue weighted by Gasteiger charge is 2.23. The number of rotatable bonds is 5. The number of hydrogen-bond acceptors (Lipinski definition) is 4. The van der Waals surface area contributed by atoms with Gasteiger partial charge in [-0.3, -0.25) is 0 Å². The lowest BCUT2D eigenvalue weighted by molar-refractivity contribution is 0.0276. The lowest BCUT2D eigenvalue weighted by atomic mass is 10.1. The molecular formula is C15H22N2O3S. The average molecular weight is 310 g/mol. The molecule has 0 bridgehead atoms. The van der Waals surface area contributed by atoms with Crippen LogP contribution in [-0.2, 0) is 14.8 Å². The second kappa shape index (κ2) is 7.05. The number of ether oxygens (including phenoxy) is 1. The number of nitrogens with one attached hydrogen (secondary N) is 1. The van der Waals surface area contributed by atoms with Crippen LogP contribution in [0.4, 0.5) is 0 Å². The largest absolute Gasteiger partial charge is 0.377 e. The van der Waals surface area contributed by atoms with E-state index in [0.29, 0.717) is 5.56 Å². The zero-order chi connectivity index (χ0) is 16.1. The van der Waals surface area contributed by atoms with E-state index >= 15 is 0 Å². The summed E-state index contributed by atoms with van der Waals surface area (Å²) in [7, 11) is -2.11. The third-order valence-corrected chi connectivity index (χ3v) is 4.45. The highest BCUT2D eigenvalue weighted by molar-refractivity contribution is 7.89. The van der Waals surface area contributed by atoms with Crippen molar-refractivity contribution in [3.63, 3.8) is 0 Å². The Balaban J connectivity index is 3.14. The minimum absolute atomic E-state index is 0.154. The van der Waals surface area contributed by atoms with Crippen LogP contribution >= 0.6 is 0 Å². The summed E-state index contributed by atoms with van der Waals surface area (Å²) in [4.78, 5) is 0.154. The summed E-state index contributed by atoms with van der Waals surface area (Å²) in [6, 6.07) is 5.03. The SMILES string of the molecule is COC(C)(C)CNS(=O)(=O)c1ccc(C)cc1C#CCN. The maximum absolute atomic E-state index is 12.4. The molecule has 1 aromatic rings. The van der Waals surface area contributed by atoms with Crippen molar-refractivity contribution in [2.24, 2.45) is 5.73 Å². The molecule has 0 radical (unpaired) electrons. The van der Waals surface area contributed by atoms with Crippen molar-refractivity contribution in [1.29, 1.82) is 0 Å². The summed E-state index contributed by atoms with van der Waals surface area (Å²) in [6.07, 6.45) is 0.